The predicted molar refractivity (Wildman–Crippen MR) is 84.5 cm³/mol. The van der Waals surface area contributed by atoms with Crippen LogP contribution >= 0.6 is 0 Å². The van der Waals surface area contributed by atoms with Crippen LogP contribution in [0.5, 0.6) is 0 Å². The third kappa shape index (κ3) is 4.69. The monoisotopic (exact) mass is 316 g/mol. The maximum Gasteiger partial charge on any atom is 0.305 e. The molecule has 0 spiro atoms. The lowest BCUT2D eigenvalue weighted by Gasteiger charge is -2.18. The normalized spacial score (nSPS) is 11.7. The van der Waals surface area contributed by atoms with Gasteiger partial charge < -0.3 is 20.2 Å². The molecule has 0 aliphatic carbocycles. The standard InChI is InChI=1S/C17H20N2O4/c1-22-16(20)8-7-15(12-5-3-2-4-6-12)19-17(21)13-9-14(10-18)23-11-13/h2-6,9,11,15H,7-8,10,18H2,1H3,(H,19,21). The average molecular weight is 316 g/mol. The van der Waals surface area contributed by atoms with Gasteiger partial charge in [-0.3, -0.25) is 9.59 Å². The van der Waals surface area contributed by atoms with Crippen molar-refractivity contribution in [3.63, 3.8) is 0 Å². The van der Waals surface area contributed by atoms with Gasteiger partial charge in [0.1, 0.15) is 12.0 Å². The molecule has 0 saturated carbocycles. The minimum Gasteiger partial charge on any atom is -0.469 e. The molecule has 1 atom stereocenters. The molecule has 2 aromatic rings. The minimum atomic E-state index is -0.311. The van der Waals surface area contributed by atoms with Crippen molar-refractivity contribution in [2.24, 2.45) is 5.73 Å². The number of carbonyl (C=O) groups excluding carboxylic acids is 2. The molecule has 23 heavy (non-hydrogen) atoms. The van der Waals surface area contributed by atoms with Gasteiger partial charge in [0.2, 0.25) is 0 Å². The number of hydrogen-bond donors (Lipinski definition) is 2. The summed E-state index contributed by atoms with van der Waals surface area (Å²) in [6.07, 6.45) is 2.04. The first kappa shape index (κ1) is 16.8. The van der Waals surface area contributed by atoms with Gasteiger partial charge in [0.15, 0.2) is 0 Å². The van der Waals surface area contributed by atoms with Gasteiger partial charge in [-0.2, -0.15) is 0 Å². The summed E-state index contributed by atoms with van der Waals surface area (Å²) >= 11 is 0. The number of hydrogen-bond acceptors (Lipinski definition) is 5. The molecule has 2 rings (SSSR count). The van der Waals surface area contributed by atoms with Gasteiger partial charge in [0.05, 0.1) is 25.3 Å². The Labute approximate surface area is 134 Å². The van der Waals surface area contributed by atoms with Crippen LogP contribution < -0.4 is 11.1 Å². The molecule has 0 saturated heterocycles. The second-order valence-electron chi connectivity index (χ2n) is 5.06. The molecule has 1 aromatic heterocycles. The van der Waals surface area contributed by atoms with Crippen molar-refractivity contribution in [3.8, 4) is 0 Å². The van der Waals surface area contributed by atoms with Crippen LogP contribution in [0, 0.1) is 0 Å². The first-order valence-electron chi connectivity index (χ1n) is 7.34. The van der Waals surface area contributed by atoms with Crippen LogP contribution in [0.15, 0.2) is 47.1 Å². The lowest BCUT2D eigenvalue weighted by molar-refractivity contribution is -0.140. The van der Waals surface area contributed by atoms with E-state index in [9.17, 15) is 9.59 Å². The van der Waals surface area contributed by atoms with Crippen LogP contribution in [-0.4, -0.2) is 19.0 Å². The van der Waals surface area contributed by atoms with E-state index in [0.717, 1.165) is 5.56 Å². The molecule has 0 fully saturated rings. The summed E-state index contributed by atoms with van der Waals surface area (Å²) in [7, 11) is 1.35. The van der Waals surface area contributed by atoms with Crippen LogP contribution in [-0.2, 0) is 16.1 Å². The zero-order chi connectivity index (χ0) is 16.7. The zero-order valence-corrected chi connectivity index (χ0v) is 13.0. The molecular formula is C17H20N2O4. The van der Waals surface area contributed by atoms with E-state index < -0.39 is 0 Å². The fourth-order valence-corrected chi connectivity index (χ4v) is 2.22. The number of rotatable bonds is 7. The Kier molecular flexibility index (Phi) is 5.94. The first-order valence-corrected chi connectivity index (χ1v) is 7.34. The Balaban J connectivity index is 2.10. The number of esters is 1. The minimum absolute atomic E-state index is 0.218. The highest BCUT2D eigenvalue weighted by Gasteiger charge is 2.18. The highest BCUT2D eigenvalue weighted by Crippen LogP contribution is 2.20. The molecule has 0 aliphatic heterocycles. The Morgan fingerprint density at radius 1 is 1.30 bits per heavy atom. The van der Waals surface area contributed by atoms with E-state index in [1.165, 1.54) is 13.4 Å². The Hall–Kier alpha value is -2.60. The molecule has 1 amide bonds. The lowest BCUT2D eigenvalue weighted by Crippen LogP contribution is -2.28. The van der Waals surface area contributed by atoms with Crippen LogP contribution in [0.4, 0.5) is 0 Å². The van der Waals surface area contributed by atoms with Crippen LogP contribution in [0.3, 0.4) is 0 Å². The molecule has 0 bridgehead atoms. The number of amides is 1. The first-order chi connectivity index (χ1) is 11.1. The second kappa shape index (κ2) is 8.14. The fraction of sp³-hybridized carbons (Fsp3) is 0.294. The molecule has 3 N–H and O–H groups in total. The molecule has 122 valence electrons. The van der Waals surface area contributed by atoms with E-state index in [1.54, 1.807) is 6.07 Å². The smallest absolute Gasteiger partial charge is 0.305 e. The van der Waals surface area contributed by atoms with E-state index in [4.69, 9.17) is 10.2 Å². The molecular weight excluding hydrogens is 296 g/mol. The van der Waals surface area contributed by atoms with Crippen molar-refractivity contribution in [1.82, 2.24) is 5.32 Å². The van der Waals surface area contributed by atoms with Gasteiger partial charge in [-0.25, -0.2) is 0 Å². The SMILES string of the molecule is COC(=O)CCC(NC(=O)c1coc(CN)c1)c1ccccc1. The summed E-state index contributed by atoms with van der Waals surface area (Å²) in [6.45, 7) is 0.234. The Bertz CT molecular complexity index is 652. The van der Waals surface area contributed by atoms with E-state index in [2.05, 4.69) is 10.1 Å². The van der Waals surface area contributed by atoms with Crippen molar-refractivity contribution in [2.75, 3.05) is 7.11 Å². The van der Waals surface area contributed by atoms with E-state index >= 15 is 0 Å². The van der Waals surface area contributed by atoms with Gasteiger partial charge in [-0.1, -0.05) is 30.3 Å². The summed E-state index contributed by atoms with van der Waals surface area (Å²) in [5, 5.41) is 2.92. The summed E-state index contributed by atoms with van der Waals surface area (Å²) < 4.78 is 9.84. The van der Waals surface area contributed by atoms with Gasteiger partial charge in [0.25, 0.3) is 5.91 Å². The highest BCUT2D eigenvalue weighted by atomic mass is 16.5. The van der Waals surface area contributed by atoms with Crippen LogP contribution in [0.1, 0.15) is 40.6 Å². The van der Waals surface area contributed by atoms with E-state index in [-0.39, 0.29) is 30.9 Å². The summed E-state index contributed by atoms with van der Waals surface area (Å²) in [5.74, 6) is -0.0398. The maximum atomic E-state index is 12.3. The van der Waals surface area contributed by atoms with Gasteiger partial charge >= 0.3 is 5.97 Å². The van der Waals surface area contributed by atoms with Crippen molar-refractivity contribution < 1.29 is 18.7 Å². The zero-order valence-electron chi connectivity index (χ0n) is 13.0. The number of furan rings is 1. The number of benzene rings is 1. The third-order valence-electron chi connectivity index (χ3n) is 3.49. The molecule has 0 radical (unpaired) electrons. The lowest BCUT2D eigenvalue weighted by atomic mass is 10.0. The summed E-state index contributed by atoms with van der Waals surface area (Å²) in [5.41, 5.74) is 6.81. The van der Waals surface area contributed by atoms with Crippen LogP contribution in [0.2, 0.25) is 0 Å². The number of carbonyl (C=O) groups is 2. The third-order valence-corrected chi connectivity index (χ3v) is 3.49. The van der Waals surface area contributed by atoms with Crippen molar-refractivity contribution >= 4 is 11.9 Å². The predicted octanol–water partition coefficient (Wildman–Crippen LogP) is 2.16. The molecule has 6 heteroatoms. The van der Waals surface area contributed by atoms with Gasteiger partial charge in [0, 0.05) is 6.42 Å². The molecule has 0 aliphatic rings. The quantitative estimate of drug-likeness (QED) is 0.763. The number of methoxy groups -OCH3 is 1. The van der Waals surface area contributed by atoms with Crippen molar-refractivity contribution in [2.45, 2.75) is 25.4 Å². The topological polar surface area (TPSA) is 94.6 Å². The van der Waals surface area contributed by atoms with Gasteiger partial charge in [-0.05, 0) is 18.1 Å². The van der Waals surface area contributed by atoms with E-state index in [1.807, 2.05) is 30.3 Å². The molecule has 1 aromatic carbocycles. The average Bonchev–Trinajstić information content (AvgIpc) is 3.08. The number of nitrogens with one attached hydrogen (secondary N) is 1. The largest absolute Gasteiger partial charge is 0.469 e. The highest BCUT2D eigenvalue weighted by molar-refractivity contribution is 5.94. The number of nitrogens with two attached hydrogens (primary N) is 1. The molecule has 6 nitrogen and oxygen atoms in total. The second-order valence-corrected chi connectivity index (χ2v) is 5.06. The van der Waals surface area contributed by atoms with Gasteiger partial charge in [-0.15, -0.1) is 0 Å². The van der Waals surface area contributed by atoms with Crippen molar-refractivity contribution in [3.05, 3.63) is 59.5 Å². The van der Waals surface area contributed by atoms with E-state index in [0.29, 0.717) is 17.7 Å². The Morgan fingerprint density at radius 2 is 2.04 bits per heavy atom. The fourth-order valence-electron chi connectivity index (χ4n) is 2.22. The maximum absolute atomic E-state index is 12.3. The number of ether oxygens (including phenoxy) is 1. The molecule has 1 heterocycles. The summed E-state index contributed by atoms with van der Waals surface area (Å²) in [4.78, 5) is 23.7. The van der Waals surface area contributed by atoms with Crippen LogP contribution in [0.25, 0.3) is 0 Å². The molecule has 1 unspecified atom stereocenters. The Morgan fingerprint density at radius 3 is 2.65 bits per heavy atom. The van der Waals surface area contributed by atoms with Crippen molar-refractivity contribution in [1.29, 1.82) is 0 Å². The summed E-state index contributed by atoms with van der Waals surface area (Å²) in [6, 6.07) is 10.8.